The summed E-state index contributed by atoms with van der Waals surface area (Å²) in [6.45, 7) is 2.45. The van der Waals surface area contributed by atoms with Crippen LogP contribution in [0.1, 0.15) is 30.6 Å². The Hall–Kier alpha value is -2.53. The fourth-order valence-corrected chi connectivity index (χ4v) is 3.09. The lowest BCUT2D eigenvalue weighted by Gasteiger charge is -2.30. The van der Waals surface area contributed by atoms with Crippen molar-refractivity contribution < 1.29 is 18.3 Å². The molecule has 3 heterocycles. The predicted molar refractivity (Wildman–Crippen MR) is 83.7 cm³/mol. The van der Waals surface area contributed by atoms with E-state index in [0.717, 1.165) is 5.39 Å². The molecule has 0 saturated heterocycles. The first-order valence-electron chi connectivity index (χ1n) is 7.65. The number of rotatable bonds is 3. The van der Waals surface area contributed by atoms with E-state index in [2.05, 4.69) is 0 Å². The molecule has 2 atom stereocenters. The molecule has 0 fully saturated rings. The third kappa shape index (κ3) is 2.33. The van der Waals surface area contributed by atoms with Gasteiger partial charge in [-0.25, -0.2) is 4.79 Å². The van der Waals surface area contributed by atoms with E-state index in [9.17, 15) is 4.79 Å². The highest BCUT2D eigenvalue weighted by molar-refractivity contribution is 5.85. The van der Waals surface area contributed by atoms with E-state index in [-0.39, 0.29) is 5.92 Å². The summed E-state index contributed by atoms with van der Waals surface area (Å²) in [5.74, 6) is 0.996. The lowest BCUT2D eigenvalue weighted by atomic mass is 9.90. The smallest absolute Gasteiger partial charge is 0.343 e. The van der Waals surface area contributed by atoms with Gasteiger partial charge in [0, 0.05) is 13.0 Å². The molecule has 1 aliphatic rings. The number of benzene rings is 1. The molecule has 3 aromatic rings. The Labute approximate surface area is 132 Å². The fraction of sp³-hybridized carbons (Fsp3) is 0.278. The van der Waals surface area contributed by atoms with Crippen molar-refractivity contribution in [3.8, 4) is 5.75 Å². The molecule has 0 unspecified atom stereocenters. The number of para-hydroxylation sites is 1. The SMILES string of the molecule is CCO[C@H]1C[C@H](c2ccco2)c2c(c3ccccc3oc2=O)O1. The fourth-order valence-electron chi connectivity index (χ4n) is 3.09. The second-order valence-corrected chi connectivity index (χ2v) is 5.43. The Morgan fingerprint density at radius 3 is 2.87 bits per heavy atom. The molecule has 1 aliphatic heterocycles. The normalized spacial score (nSPS) is 20.2. The van der Waals surface area contributed by atoms with Gasteiger partial charge < -0.3 is 18.3 Å². The Kier molecular flexibility index (Phi) is 3.42. The molecule has 0 radical (unpaired) electrons. The summed E-state index contributed by atoms with van der Waals surface area (Å²) >= 11 is 0. The maximum Gasteiger partial charge on any atom is 0.343 e. The van der Waals surface area contributed by atoms with E-state index in [4.69, 9.17) is 18.3 Å². The van der Waals surface area contributed by atoms with Crippen LogP contribution in [-0.4, -0.2) is 12.9 Å². The minimum absolute atomic E-state index is 0.244. The lowest BCUT2D eigenvalue weighted by molar-refractivity contribution is -0.0899. The summed E-state index contributed by atoms with van der Waals surface area (Å²) in [6.07, 6.45) is 1.69. The first-order chi connectivity index (χ1) is 11.3. The largest absolute Gasteiger partial charge is 0.469 e. The highest BCUT2D eigenvalue weighted by atomic mass is 16.7. The van der Waals surface area contributed by atoms with E-state index < -0.39 is 11.9 Å². The predicted octanol–water partition coefficient (Wildman–Crippen LogP) is 3.66. The van der Waals surface area contributed by atoms with Gasteiger partial charge in [0.15, 0.2) is 0 Å². The van der Waals surface area contributed by atoms with E-state index in [1.165, 1.54) is 0 Å². The van der Waals surface area contributed by atoms with Gasteiger partial charge in [0.2, 0.25) is 6.29 Å². The van der Waals surface area contributed by atoms with Gasteiger partial charge in [-0.05, 0) is 31.2 Å². The summed E-state index contributed by atoms with van der Waals surface area (Å²) in [5, 5.41) is 0.767. The zero-order valence-electron chi connectivity index (χ0n) is 12.7. The summed E-state index contributed by atoms with van der Waals surface area (Å²) in [4.78, 5) is 12.5. The Morgan fingerprint density at radius 2 is 2.09 bits per heavy atom. The summed E-state index contributed by atoms with van der Waals surface area (Å²) in [6, 6.07) is 11.0. The van der Waals surface area contributed by atoms with Crippen LogP contribution in [0.15, 0.2) is 56.3 Å². The first-order valence-corrected chi connectivity index (χ1v) is 7.65. The maximum atomic E-state index is 12.5. The molecule has 118 valence electrons. The molecule has 0 spiro atoms. The molecule has 1 aromatic carbocycles. The highest BCUT2D eigenvalue weighted by Crippen LogP contribution is 2.42. The standard InChI is InChI=1S/C18H16O5/c1-2-20-15-10-12(13-8-5-9-21-13)16-17(23-15)11-6-3-4-7-14(11)22-18(16)19/h3-9,12,15H,2,10H2,1H3/t12-,15-/m1/s1. The Morgan fingerprint density at radius 1 is 1.22 bits per heavy atom. The van der Waals surface area contributed by atoms with Crippen LogP contribution in [0, 0.1) is 0 Å². The van der Waals surface area contributed by atoms with Crippen molar-refractivity contribution in [1.82, 2.24) is 0 Å². The maximum absolute atomic E-state index is 12.5. The van der Waals surface area contributed by atoms with Crippen molar-refractivity contribution in [1.29, 1.82) is 0 Å². The van der Waals surface area contributed by atoms with Crippen LogP contribution in [0.2, 0.25) is 0 Å². The monoisotopic (exact) mass is 312 g/mol. The minimum atomic E-state index is -0.423. The van der Waals surface area contributed by atoms with Gasteiger partial charge >= 0.3 is 5.63 Å². The number of fused-ring (bicyclic) bond motifs is 3. The zero-order valence-corrected chi connectivity index (χ0v) is 12.7. The van der Waals surface area contributed by atoms with Crippen molar-refractivity contribution in [2.24, 2.45) is 0 Å². The zero-order chi connectivity index (χ0) is 15.8. The Balaban J connectivity index is 1.96. The van der Waals surface area contributed by atoms with Gasteiger partial charge in [0.05, 0.1) is 23.1 Å². The summed E-state index contributed by atoms with van der Waals surface area (Å²) in [5.41, 5.74) is 0.608. The molecular weight excluding hydrogens is 296 g/mol. The summed E-state index contributed by atoms with van der Waals surface area (Å²) < 4.78 is 22.6. The highest BCUT2D eigenvalue weighted by Gasteiger charge is 2.36. The van der Waals surface area contributed by atoms with E-state index in [1.807, 2.05) is 37.3 Å². The van der Waals surface area contributed by atoms with E-state index in [0.29, 0.717) is 35.7 Å². The topological polar surface area (TPSA) is 61.8 Å². The van der Waals surface area contributed by atoms with Gasteiger partial charge in [-0.2, -0.15) is 0 Å². The third-order valence-corrected chi connectivity index (χ3v) is 4.06. The molecule has 4 rings (SSSR count). The van der Waals surface area contributed by atoms with Crippen LogP contribution in [0.25, 0.3) is 11.0 Å². The van der Waals surface area contributed by atoms with Gasteiger partial charge in [-0.1, -0.05) is 12.1 Å². The second kappa shape index (κ2) is 5.59. The van der Waals surface area contributed by atoms with Crippen LogP contribution in [0.4, 0.5) is 0 Å². The number of hydrogen-bond donors (Lipinski definition) is 0. The first kappa shape index (κ1) is 14.1. The summed E-state index contributed by atoms with van der Waals surface area (Å²) in [7, 11) is 0. The van der Waals surface area contributed by atoms with Crippen molar-refractivity contribution in [3.63, 3.8) is 0 Å². The molecular formula is C18H16O5. The molecule has 5 heteroatoms. The third-order valence-electron chi connectivity index (χ3n) is 4.06. The molecule has 0 saturated carbocycles. The molecule has 2 aromatic heterocycles. The molecule has 0 bridgehead atoms. The van der Waals surface area contributed by atoms with Crippen LogP contribution < -0.4 is 10.4 Å². The van der Waals surface area contributed by atoms with Crippen LogP contribution in [0.3, 0.4) is 0 Å². The van der Waals surface area contributed by atoms with Crippen LogP contribution >= 0.6 is 0 Å². The van der Waals surface area contributed by atoms with Gasteiger partial charge in [-0.15, -0.1) is 0 Å². The van der Waals surface area contributed by atoms with E-state index in [1.54, 1.807) is 12.3 Å². The van der Waals surface area contributed by atoms with Crippen molar-refractivity contribution in [2.45, 2.75) is 25.6 Å². The molecule has 23 heavy (non-hydrogen) atoms. The average Bonchev–Trinajstić information content (AvgIpc) is 3.09. The van der Waals surface area contributed by atoms with Gasteiger partial charge in [0.25, 0.3) is 0 Å². The Bertz CT molecular complexity index is 878. The van der Waals surface area contributed by atoms with Crippen LogP contribution in [0.5, 0.6) is 5.75 Å². The van der Waals surface area contributed by atoms with Crippen LogP contribution in [-0.2, 0) is 4.74 Å². The second-order valence-electron chi connectivity index (χ2n) is 5.43. The number of furan rings is 1. The molecule has 5 nitrogen and oxygen atoms in total. The van der Waals surface area contributed by atoms with Gasteiger partial charge in [0.1, 0.15) is 17.1 Å². The minimum Gasteiger partial charge on any atom is -0.469 e. The van der Waals surface area contributed by atoms with E-state index >= 15 is 0 Å². The number of hydrogen-bond acceptors (Lipinski definition) is 5. The average molecular weight is 312 g/mol. The van der Waals surface area contributed by atoms with Gasteiger partial charge in [-0.3, -0.25) is 0 Å². The number of ether oxygens (including phenoxy) is 2. The quantitative estimate of drug-likeness (QED) is 0.691. The van der Waals surface area contributed by atoms with Crippen molar-refractivity contribution in [2.75, 3.05) is 6.61 Å². The molecule has 0 amide bonds. The molecule has 0 aliphatic carbocycles. The lowest BCUT2D eigenvalue weighted by Crippen LogP contribution is -2.32. The van der Waals surface area contributed by atoms with Crippen molar-refractivity contribution >= 4 is 11.0 Å². The molecule has 0 N–H and O–H groups in total. The van der Waals surface area contributed by atoms with Crippen molar-refractivity contribution in [3.05, 3.63) is 64.4 Å².